The van der Waals surface area contributed by atoms with Crippen molar-refractivity contribution < 1.29 is 4.79 Å². The largest absolute Gasteiger partial charge is 0.356 e. The highest BCUT2D eigenvalue weighted by Gasteiger charge is 2.15. The molecule has 172 valence electrons. The SMILES string of the molecule is Cc1cc(N2CCCC2)nc(Nc2ccc(NC(=O)Cn3cnc4ccccc4c3=O)cc2)n1. The number of nitrogens with zero attached hydrogens (tertiary/aromatic N) is 5. The van der Waals surface area contributed by atoms with Crippen molar-refractivity contribution in [3.63, 3.8) is 0 Å². The minimum Gasteiger partial charge on any atom is -0.356 e. The normalized spacial score (nSPS) is 13.3. The zero-order valence-electron chi connectivity index (χ0n) is 18.9. The lowest BCUT2D eigenvalue weighted by atomic mass is 10.2. The van der Waals surface area contributed by atoms with Crippen LogP contribution in [-0.4, -0.2) is 38.5 Å². The Bertz CT molecular complexity index is 1390. The summed E-state index contributed by atoms with van der Waals surface area (Å²) in [5.41, 5.74) is 2.71. The maximum Gasteiger partial charge on any atom is 0.261 e. The molecule has 1 amide bonds. The van der Waals surface area contributed by atoms with Crippen molar-refractivity contribution in [2.24, 2.45) is 0 Å². The van der Waals surface area contributed by atoms with Crippen LogP contribution in [0.25, 0.3) is 10.9 Å². The van der Waals surface area contributed by atoms with Crippen LogP contribution in [0.2, 0.25) is 0 Å². The minimum absolute atomic E-state index is 0.118. The number of para-hydroxylation sites is 1. The van der Waals surface area contributed by atoms with E-state index in [-0.39, 0.29) is 18.0 Å². The van der Waals surface area contributed by atoms with E-state index >= 15 is 0 Å². The highest BCUT2D eigenvalue weighted by molar-refractivity contribution is 5.91. The Morgan fingerprint density at radius 1 is 1.00 bits per heavy atom. The van der Waals surface area contributed by atoms with Gasteiger partial charge in [0.15, 0.2) is 0 Å². The van der Waals surface area contributed by atoms with Gasteiger partial charge in [0.05, 0.1) is 17.2 Å². The summed E-state index contributed by atoms with van der Waals surface area (Å²) in [6.45, 7) is 3.88. The van der Waals surface area contributed by atoms with E-state index in [2.05, 4.69) is 30.5 Å². The Kier molecular flexibility index (Phi) is 5.90. The average Bonchev–Trinajstić information content (AvgIpc) is 3.37. The predicted molar refractivity (Wildman–Crippen MR) is 133 cm³/mol. The molecule has 0 bridgehead atoms. The molecule has 0 saturated carbocycles. The third-order valence-electron chi connectivity index (χ3n) is 5.74. The maximum atomic E-state index is 12.6. The zero-order valence-corrected chi connectivity index (χ0v) is 18.9. The van der Waals surface area contributed by atoms with Crippen LogP contribution in [0.15, 0.2) is 65.7 Å². The first kappa shape index (κ1) is 21.6. The molecule has 1 saturated heterocycles. The third-order valence-corrected chi connectivity index (χ3v) is 5.74. The summed E-state index contributed by atoms with van der Waals surface area (Å²) in [6.07, 6.45) is 3.77. The summed E-state index contributed by atoms with van der Waals surface area (Å²) in [5.74, 6) is 1.17. The van der Waals surface area contributed by atoms with E-state index in [0.717, 1.165) is 30.3 Å². The number of carbonyl (C=O) groups is 1. The second kappa shape index (κ2) is 9.30. The molecule has 5 rings (SSSR count). The number of carbonyl (C=O) groups excluding carboxylic acids is 1. The van der Waals surface area contributed by atoms with Gasteiger partial charge in [0.1, 0.15) is 12.4 Å². The summed E-state index contributed by atoms with van der Waals surface area (Å²) in [6, 6.07) is 16.4. The summed E-state index contributed by atoms with van der Waals surface area (Å²) >= 11 is 0. The zero-order chi connectivity index (χ0) is 23.5. The van der Waals surface area contributed by atoms with Gasteiger partial charge in [-0.2, -0.15) is 4.98 Å². The molecule has 4 aromatic rings. The van der Waals surface area contributed by atoms with Crippen LogP contribution in [-0.2, 0) is 11.3 Å². The fourth-order valence-electron chi connectivity index (χ4n) is 4.06. The average molecular weight is 456 g/mol. The molecular formula is C25H25N7O2. The van der Waals surface area contributed by atoms with Crippen molar-refractivity contribution in [3.05, 3.63) is 77.0 Å². The van der Waals surface area contributed by atoms with Crippen LogP contribution in [0, 0.1) is 6.92 Å². The van der Waals surface area contributed by atoms with Gasteiger partial charge in [0, 0.05) is 36.2 Å². The molecule has 0 atom stereocenters. The first-order chi connectivity index (χ1) is 16.5. The second-order valence-corrected chi connectivity index (χ2v) is 8.33. The number of rotatable bonds is 6. The lowest BCUT2D eigenvalue weighted by molar-refractivity contribution is -0.116. The molecule has 3 heterocycles. The number of fused-ring (bicyclic) bond motifs is 1. The first-order valence-corrected chi connectivity index (χ1v) is 11.3. The Morgan fingerprint density at radius 2 is 1.74 bits per heavy atom. The molecule has 2 N–H and O–H groups in total. The van der Waals surface area contributed by atoms with Gasteiger partial charge in [0.25, 0.3) is 5.56 Å². The molecule has 1 aliphatic rings. The molecule has 9 nitrogen and oxygen atoms in total. The van der Waals surface area contributed by atoms with Crippen LogP contribution in [0.3, 0.4) is 0 Å². The van der Waals surface area contributed by atoms with Crippen molar-refractivity contribution in [1.82, 2.24) is 19.5 Å². The van der Waals surface area contributed by atoms with Crippen LogP contribution in [0.5, 0.6) is 0 Å². The van der Waals surface area contributed by atoms with E-state index in [1.54, 1.807) is 30.3 Å². The molecule has 2 aromatic heterocycles. The summed E-state index contributed by atoms with van der Waals surface area (Å²) in [7, 11) is 0. The molecule has 0 aliphatic carbocycles. The molecule has 34 heavy (non-hydrogen) atoms. The molecule has 1 fully saturated rings. The number of anilines is 4. The summed E-state index contributed by atoms with van der Waals surface area (Å²) < 4.78 is 1.31. The van der Waals surface area contributed by atoms with Crippen molar-refractivity contribution in [2.75, 3.05) is 28.6 Å². The molecule has 9 heteroatoms. The van der Waals surface area contributed by atoms with Crippen LogP contribution < -0.4 is 21.1 Å². The quantitative estimate of drug-likeness (QED) is 0.459. The molecule has 0 spiro atoms. The van der Waals surface area contributed by atoms with E-state index in [0.29, 0.717) is 22.5 Å². The van der Waals surface area contributed by atoms with Crippen molar-refractivity contribution >= 4 is 40.0 Å². The number of benzene rings is 2. The third kappa shape index (κ3) is 4.73. The van der Waals surface area contributed by atoms with Crippen molar-refractivity contribution in [1.29, 1.82) is 0 Å². The van der Waals surface area contributed by atoms with Gasteiger partial charge in [-0.25, -0.2) is 9.97 Å². The fourth-order valence-corrected chi connectivity index (χ4v) is 4.06. The van der Waals surface area contributed by atoms with E-state index in [4.69, 9.17) is 0 Å². The minimum atomic E-state index is -0.308. The van der Waals surface area contributed by atoms with E-state index in [9.17, 15) is 9.59 Å². The second-order valence-electron chi connectivity index (χ2n) is 8.33. The molecule has 0 radical (unpaired) electrons. The predicted octanol–water partition coefficient (Wildman–Crippen LogP) is 3.48. The number of aryl methyl sites for hydroxylation is 1. The van der Waals surface area contributed by atoms with E-state index < -0.39 is 0 Å². The van der Waals surface area contributed by atoms with Crippen LogP contribution in [0.4, 0.5) is 23.1 Å². The number of amides is 1. The van der Waals surface area contributed by atoms with Gasteiger partial charge in [0.2, 0.25) is 11.9 Å². The number of aromatic nitrogens is 4. The Hall–Kier alpha value is -4.27. The molecular weight excluding hydrogens is 430 g/mol. The monoisotopic (exact) mass is 455 g/mol. The molecule has 2 aromatic carbocycles. The van der Waals surface area contributed by atoms with Crippen molar-refractivity contribution in [3.8, 4) is 0 Å². The highest BCUT2D eigenvalue weighted by atomic mass is 16.2. The Balaban J connectivity index is 1.24. The smallest absolute Gasteiger partial charge is 0.261 e. The summed E-state index contributed by atoms with van der Waals surface area (Å²) in [5, 5.41) is 6.54. The van der Waals surface area contributed by atoms with Gasteiger partial charge in [-0.1, -0.05) is 12.1 Å². The first-order valence-electron chi connectivity index (χ1n) is 11.3. The van der Waals surface area contributed by atoms with Gasteiger partial charge in [-0.05, 0) is 56.2 Å². The van der Waals surface area contributed by atoms with E-state index in [1.165, 1.54) is 23.7 Å². The fraction of sp³-hybridized carbons (Fsp3) is 0.240. The Morgan fingerprint density at radius 3 is 2.53 bits per heavy atom. The molecule has 0 unspecified atom stereocenters. The summed E-state index contributed by atoms with van der Waals surface area (Å²) in [4.78, 5) is 40.8. The van der Waals surface area contributed by atoms with Gasteiger partial charge in [-0.15, -0.1) is 0 Å². The van der Waals surface area contributed by atoms with Crippen molar-refractivity contribution in [2.45, 2.75) is 26.3 Å². The topological polar surface area (TPSA) is 105 Å². The molecule has 1 aliphatic heterocycles. The highest BCUT2D eigenvalue weighted by Crippen LogP contribution is 2.22. The number of hydrogen-bond acceptors (Lipinski definition) is 7. The number of nitrogens with one attached hydrogen (secondary N) is 2. The number of hydrogen-bond donors (Lipinski definition) is 2. The van der Waals surface area contributed by atoms with Crippen LogP contribution in [0.1, 0.15) is 18.5 Å². The maximum absolute atomic E-state index is 12.6. The van der Waals surface area contributed by atoms with Gasteiger partial charge < -0.3 is 15.5 Å². The lowest BCUT2D eigenvalue weighted by Gasteiger charge is -2.17. The van der Waals surface area contributed by atoms with Gasteiger partial charge >= 0.3 is 0 Å². The van der Waals surface area contributed by atoms with Gasteiger partial charge in [-0.3, -0.25) is 14.2 Å². The Labute approximate surface area is 196 Å². The lowest BCUT2D eigenvalue weighted by Crippen LogP contribution is -2.27. The standard InChI is InChI=1S/C25H25N7O2/c1-17-14-22(31-12-4-5-13-31)30-25(27-17)29-19-10-8-18(9-11-19)28-23(33)15-32-16-26-21-7-3-2-6-20(21)24(32)34/h2-3,6-11,14,16H,4-5,12-13,15H2,1H3,(H,28,33)(H,27,29,30). The van der Waals surface area contributed by atoms with Crippen LogP contribution >= 0.6 is 0 Å². The van der Waals surface area contributed by atoms with E-state index in [1.807, 2.05) is 31.2 Å².